The fraction of sp³-hybridized carbons (Fsp3) is 0.111. The average molecular weight is 146 g/mol. The molecule has 0 N–H and O–H groups in total. The molecule has 0 aliphatic carbocycles. The molecule has 0 bridgehead atoms. The van der Waals surface area contributed by atoms with E-state index < -0.39 is 0 Å². The summed E-state index contributed by atoms with van der Waals surface area (Å²) >= 11 is 0. The molecule has 0 saturated heterocycles. The van der Waals surface area contributed by atoms with Gasteiger partial charge in [-0.15, -0.1) is 0 Å². The number of nitrogens with zero attached hydrogens (tertiary/aromatic N) is 2. The van der Waals surface area contributed by atoms with Gasteiger partial charge in [-0.1, -0.05) is 18.7 Å². The highest BCUT2D eigenvalue weighted by molar-refractivity contribution is 5.73. The molecule has 56 valence electrons. The van der Waals surface area contributed by atoms with Crippen molar-refractivity contribution in [1.82, 2.24) is 4.98 Å². The highest BCUT2D eigenvalue weighted by Crippen LogP contribution is 2.11. The summed E-state index contributed by atoms with van der Waals surface area (Å²) in [5.41, 5.74) is 1.07. The van der Waals surface area contributed by atoms with Gasteiger partial charge in [-0.25, -0.2) is 9.98 Å². The molecule has 0 aromatic carbocycles. The van der Waals surface area contributed by atoms with Crippen LogP contribution in [0, 0.1) is 6.92 Å². The minimum atomic E-state index is 0.757. The van der Waals surface area contributed by atoms with E-state index in [2.05, 4.69) is 16.6 Å². The number of hydrogen-bond donors (Lipinski definition) is 0. The molecule has 0 unspecified atom stereocenters. The molecule has 1 aromatic heterocycles. The lowest BCUT2D eigenvalue weighted by Crippen LogP contribution is -1.77. The van der Waals surface area contributed by atoms with E-state index in [1.165, 1.54) is 0 Å². The molecule has 1 heterocycles. The number of aromatic nitrogens is 1. The van der Waals surface area contributed by atoms with Crippen LogP contribution in [-0.2, 0) is 0 Å². The molecule has 0 aliphatic heterocycles. The van der Waals surface area contributed by atoms with Gasteiger partial charge >= 0.3 is 0 Å². The smallest absolute Gasteiger partial charge is 0.154 e. The second-order valence-electron chi connectivity index (χ2n) is 2.16. The maximum atomic E-state index is 4.07. The van der Waals surface area contributed by atoms with Crippen LogP contribution in [0.4, 0.5) is 5.82 Å². The summed E-state index contributed by atoms with van der Waals surface area (Å²) in [6.45, 7) is 5.50. The fourth-order valence-corrected chi connectivity index (χ4v) is 0.736. The minimum Gasteiger partial charge on any atom is -0.237 e. The first-order valence-electron chi connectivity index (χ1n) is 3.41. The van der Waals surface area contributed by atoms with Gasteiger partial charge in [0.05, 0.1) is 0 Å². The highest BCUT2D eigenvalue weighted by Gasteiger charge is 1.91. The summed E-state index contributed by atoms with van der Waals surface area (Å²) in [5.74, 6) is 0.757. The lowest BCUT2D eigenvalue weighted by atomic mass is 10.3. The Balaban J connectivity index is 2.94. The summed E-state index contributed by atoms with van der Waals surface area (Å²) in [7, 11) is 0. The lowest BCUT2D eigenvalue weighted by Gasteiger charge is -1.94. The number of allylic oxidation sites excluding steroid dienone is 1. The van der Waals surface area contributed by atoms with Gasteiger partial charge in [0.1, 0.15) is 0 Å². The van der Waals surface area contributed by atoms with Crippen LogP contribution in [0.3, 0.4) is 0 Å². The van der Waals surface area contributed by atoms with Crippen molar-refractivity contribution in [3.8, 4) is 0 Å². The Morgan fingerprint density at radius 3 is 3.09 bits per heavy atom. The Morgan fingerprint density at radius 2 is 2.45 bits per heavy atom. The number of pyridine rings is 1. The zero-order valence-electron chi connectivity index (χ0n) is 6.49. The van der Waals surface area contributed by atoms with Crippen LogP contribution in [0.15, 0.2) is 36.0 Å². The molecule has 2 heteroatoms. The monoisotopic (exact) mass is 146 g/mol. The van der Waals surface area contributed by atoms with Crippen molar-refractivity contribution in [2.45, 2.75) is 6.92 Å². The predicted molar refractivity (Wildman–Crippen MR) is 47.3 cm³/mol. The van der Waals surface area contributed by atoms with Crippen molar-refractivity contribution in [2.75, 3.05) is 0 Å². The van der Waals surface area contributed by atoms with E-state index in [-0.39, 0.29) is 0 Å². The van der Waals surface area contributed by atoms with E-state index in [1.54, 1.807) is 18.5 Å². The molecule has 0 aliphatic rings. The first-order chi connectivity index (χ1) is 5.34. The predicted octanol–water partition coefficient (Wildman–Crippen LogP) is 2.28. The van der Waals surface area contributed by atoms with Gasteiger partial charge in [0.25, 0.3) is 0 Å². The first kappa shape index (κ1) is 7.66. The second-order valence-corrected chi connectivity index (χ2v) is 2.16. The van der Waals surface area contributed by atoms with Crippen molar-refractivity contribution < 1.29 is 0 Å². The quantitative estimate of drug-likeness (QED) is 0.587. The molecular weight excluding hydrogens is 136 g/mol. The van der Waals surface area contributed by atoms with Crippen molar-refractivity contribution in [1.29, 1.82) is 0 Å². The van der Waals surface area contributed by atoms with Gasteiger partial charge in [0.15, 0.2) is 5.82 Å². The second kappa shape index (κ2) is 3.66. The summed E-state index contributed by atoms with van der Waals surface area (Å²) < 4.78 is 0. The average Bonchev–Trinajstić information content (AvgIpc) is 2.03. The molecule has 11 heavy (non-hydrogen) atoms. The maximum Gasteiger partial charge on any atom is 0.154 e. The van der Waals surface area contributed by atoms with Crippen LogP contribution >= 0.6 is 0 Å². The molecule has 0 fully saturated rings. The number of aryl methyl sites for hydroxylation is 1. The molecule has 2 nitrogen and oxygen atoms in total. The number of hydrogen-bond acceptors (Lipinski definition) is 2. The van der Waals surface area contributed by atoms with Crippen LogP contribution < -0.4 is 0 Å². The summed E-state index contributed by atoms with van der Waals surface area (Å²) in [4.78, 5) is 8.14. The van der Waals surface area contributed by atoms with Crippen molar-refractivity contribution in [2.24, 2.45) is 4.99 Å². The molecule has 0 radical (unpaired) electrons. The van der Waals surface area contributed by atoms with E-state index in [0.29, 0.717) is 0 Å². The molecule has 0 amide bonds. The molecule has 0 spiro atoms. The Morgan fingerprint density at radius 1 is 1.64 bits per heavy atom. The van der Waals surface area contributed by atoms with Gasteiger partial charge < -0.3 is 0 Å². The maximum absolute atomic E-state index is 4.07. The van der Waals surface area contributed by atoms with Gasteiger partial charge in [-0.2, -0.15) is 0 Å². The summed E-state index contributed by atoms with van der Waals surface area (Å²) in [5, 5.41) is 0. The van der Waals surface area contributed by atoms with Crippen molar-refractivity contribution in [3.63, 3.8) is 0 Å². The summed E-state index contributed by atoms with van der Waals surface area (Å²) in [6.07, 6.45) is 4.99. The normalized spacial score (nSPS) is 10.3. The third-order valence-electron chi connectivity index (χ3n) is 1.28. The fourth-order valence-electron chi connectivity index (χ4n) is 0.736. The number of aliphatic imine (C=N–C) groups is 1. The molecule has 0 atom stereocenters. The topological polar surface area (TPSA) is 25.2 Å². The molecule has 0 saturated carbocycles. The van der Waals surface area contributed by atoms with E-state index >= 15 is 0 Å². The molecule has 1 rings (SSSR count). The van der Waals surface area contributed by atoms with Crippen molar-refractivity contribution >= 4 is 12.0 Å². The van der Waals surface area contributed by atoms with Gasteiger partial charge in [0.2, 0.25) is 0 Å². The van der Waals surface area contributed by atoms with Crippen LogP contribution in [0.5, 0.6) is 0 Å². The number of rotatable bonds is 2. The highest BCUT2D eigenvalue weighted by atomic mass is 14.9. The SMILES string of the molecule is C=C/C=N\c1ncccc1C. The van der Waals surface area contributed by atoms with Crippen LogP contribution in [0.25, 0.3) is 0 Å². The van der Waals surface area contributed by atoms with Gasteiger partial charge in [0, 0.05) is 12.4 Å². The van der Waals surface area contributed by atoms with Gasteiger partial charge in [-0.05, 0) is 18.6 Å². The van der Waals surface area contributed by atoms with E-state index in [4.69, 9.17) is 0 Å². The zero-order valence-corrected chi connectivity index (χ0v) is 6.49. The standard InChI is InChI=1S/C9H10N2/c1-3-6-10-9-8(2)5-4-7-11-9/h3-7H,1H2,2H3/b10-6-. The first-order valence-corrected chi connectivity index (χ1v) is 3.41. The largest absolute Gasteiger partial charge is 0.237 e. The lowest BCUT2D eigenvalue weighted by molar-refractivity contribution is 1.23. The Bertz CT molecular complexity index is 277. The van der Waals surface area contributed by atoms with E-state index in [1.807, 2.05) is 19.1 Å². The van der Waals surface area contributed by atoms with Crippen LogP contribution in [0.2, 0.25) is 0 Å². The van der Waals surface area contributed by atoms with Crippen LogP contribution in [0.1, 0.15) is 5.56 Å². The Hall–Kier alpha value is -1.44. The van der Waals surface area contributed by atoms with E-state index in [0.717, 1.165) is 11.4 Å². The minimum absolute atomic E-state index is 0.757. The third-order valence-corrected chi connectivity index (χ3v) is 1.28. The molecular formula is C9H10N2. The van der Waals surface area contributed by atoms with E-state index in [9.17, 15) is 0 Å². The summed E-state index contributed by atoms with van der Waals surface area (Å²) in [6, 6.07) is 3.87. The van der Waals surface area contributed by atoms with Crippen LogP contribution in [-0.4, -0.2) is 11.2 Å². The molecule has 1 aromatic rings. The Kier molecular flexibility index (Phi) is 2.55. The third kappa shape index (κ3) is 2.00. The zero-order chi connectivity index (χ0) is 8.10. The Labute approximate surface area is 66.3 Å². The van der Waals surface area contributed by atoms with Gasteiger partial charge in [-0.3, -0.25) is 0 Å². The van der Waals surface area contributed by atoms with Crippen molar-refractivity contribution in [3.05, 3.63) is 36.5 Å².